The maximum absolute atomic E-state index is 12.8. The van der Waals surface area contributed by atoms with Crippen molar-refractivity contribution in [3.63, 3.8) is 0 Å². The highest BCUT2D eigenvalue weighted by Crippen LogP contribution is 2.27. The fourth-order valence-corrected chi connectivity index (χ4v) is 4.17. The molecule has 0 unspecified atom stereocenters. The van der Waals surface area contributed by atoms with Gasteiger partial charge < -0.3 is 9.80 Å². The Morgan fingerprint density at radius 2 is 1.81 bits per heavy atom. The second-order valence-electron chi connectivity index (χ2n) is 7.62. The third kappa shape index (κ3) is 3.67. The van der Waals surface area contributed by atoms with Gasteiger partial charge in [0.2, 0.25) is 11.8 Å². The zero-order valence-corrected chi connectivity index (χ0v) is 16.0. The fourth-order valence-electron chi connectivity index (χ4n) is 4.17. The number of amides is 2. The van der Waals surface area contributed by atoms with Crippen molar-refractivity contribution in [2.45, 2.75) is 40.0 Å². The van der Waals surface area contributed by atoms with E-state index in [-0.39, 0.29) is 29.4 Å². The summed E-state index contributed by atoms with van der Waals surface area (Å²) in [5.74, 6) is 0.118. The van der Waals surface area contributed by atoms with Gasteiger partial charge >= 0.3 is 0 Å². The van der Waals surface area contributed by atoms with Crippen molar-refractivity contribution in [1.29, 1.82) is 0 Å². The van der Waals surface area contributed by atoms with Crippen LogP contribution in [-0.4, -0.2) is 53.6 Å². The lowest BCUT2D eigenvalue weighted by Gasteiger charge is -2.33. The van der Waals surface area contributed by atoms with Gasteiger partial charge in [-0.25, -0.2) is 0 Å². The molecular formula is C21H28N2O3. The predicted molar refractivity (Wildman–Crippen MR) is 99.9 cm³/mol. The summed E-state index contributed by atoms with van der Waals surface area (Å²) >= 11 is 0. The molecule has 0 saturated carbocycles. The molecule has 3 rings (SSSR count). The van der Waals surface area contributed by atoms with Crippen LogP contribution >= 0.6 is 0 Å². The number of benzene rings is 1. The maximum Gasteiger partial charge on any atom is 0.227 e. The Labute approximate surface area is 155 Å². The van der Waals surface area contributed by atoms with Crippen LogP contribution in [-0.2, 0) is 9.59 Å². The summed E-state index contributed by atoms with van der Waals surface area (Å²) in [6, 6.07) is 5.95. The van der Waals surface area contributed by atoms with E-state index in [1.54, 1.807) is 4.90 Å². The van der Waals surface area contributed by atoms with Crippen molar-refractivity contribution in [2.24, 2.45) is 11.8 Å². The number of piperidine rings is 1. The first-order chi connectivity index (χ1) is 12.4. The van der Waals surface area contributed by atoms with Gasteiger partial charge in [0.05, 0.1) is 5.92 Å². The second kappa shape index (κ2) is 7.60. The Balaban J connectivity index is 1.58. The van der Waals surface area contributed by atoms with Crippen molar-refractivity contribution in [1.82, 2.24) is 9.80 Å². The van der Waals surface area contributed by atoms with E-state index in [1.807, 2.05) is 43.9 Å². The van der Waals surface area contributed by atoms with Crippen LogP contribution in [0.15, 0.2) is 18.2 Å². The highest BCUT2D eigenvalue weighted by atomic mass is 16.2. The molecule has 0 N–H and O–H groups in total. The largest absolute Gasteiger partial charge is 0.342 e. The summed E-state index contributed by atoms with van der Waals surface area (Å²) in [5.41, 5.74) is 2.99. The predicted octanol–water partition coefficient (Wildman–Crippen LogP) is 2.59. The zero-order valence-electron chi connectivity index (χ0n) is 16.0. The molecule has 2 fully saturated rings. The number of ketones is 1. The molecule has 0 bridgehead atoms. The lowest BCUT2D eigenvalue weighted by atomic mass is 9.86. The highest BCUT2D eigenvalue weighted by molar-refractivity contribution is 5.99. The third-order valence-electron chi connectivity index (χ3n) is 5.77. The van der Waals surface area contributed by atoms with E-state index < -0.39 is 0 Å². The van der Waals surface area contributed by atoms with Gasteiger partial charge in [0, 0.05) is 44.1 Å². The van der Waals surface area contributed by atoms with Gasteiger partial charge in [-0.2, -0.15) is 0 Å². The number of rotatable bonds is 4. The van der Waals surface area contributed by atoms with Crippen LogP contribution in [0.5, 0.6) is 0 Å². The summed E-state index contributed by atoms with van der Waals surface area (Å²) in [4.78, 5) is 41.0. The Morgan fingerprint density at radius 3 is 2.38 bits per heavy atom. The van der Waals surface area contributed by atoms with Crippen molar-refractivity contribution in [3.8, 4) is 0 Å². The molecule has 0 radical (unpaired) electrons. The Morgan fingerprint density at radius 1 is 1.12 bits per heavy atom. The first-order valence-corrected chi connectivity index (χ1v) is 9.58. The first-order valence-electron chi connectivity index (χ1n) is 9.58. The zero-order chi connectivity index (χ0) is 18.8. The number of Topliss-reactive ketones (excluding diaryl/α,β-unsaturated/α-hetero) is 1. The van der Waals surface area contributed by atoms with Crippen LogP contribution in [0.4, 0.5) is 0 Å². The number of carbonyl (C=O) groups excluding carboxylic acids is 3. The van der Waals surface area contributed by atoms with E-state index in [0.717, 1.165) is 16.7 Å². The van der Waals surface area contributed by atoms with Gasteiger partial charge in [0.1, 0.15) is 0 Å². The summed E-state index contributed by atoms with van der Waals surface area (Å²) in [6.45, 7) is 8.36. The molecule has 140 valence electrons. The topological polar surface area (TPSA) is 57.7 Å². The minimum Gasteiger partial charge on any atom is -0.342 e. The standard InChI is InChI=1S/C21H28N2O3/c1-4-22-13-17(12-19(22)24)21(26)23-9-7-16(8-10-23)20(25)18-6-5-14(2)11-15(18)3/h5-6,11,16-17H,4,7-10,12-13H2,1-3H3/t17-/m0/s1. The van der Waals surface area contributed by atoms with Crippen LogP contribution in [0.3, 0.4) is 0 Å². The van der Waals surface area contributed by atoms with Crippen LogP contribution in [0.1, 0.15) is 47.7 Å². The molecule has 0 aliphatic carbocycles. The summed E-state index contributed by atoms with van der Waals surface area (Å²) < 4.78 is 0. The average molecular weight is 356 g/mol. The minimum absolute atomic E-state index is 0.0159. The fraction of sp³-hybridized carbons (Fsp3) is 0.571. The van der Waals surface area contributed by atoms with Crippen LogP contribution < -0.4 is 0 Å². The SMILES string of the molecule is CCN1C[C@@H](C(=O)N2CCC(C(=O)c3ccc(C)cc3C)CC2)CC1=O. The van der Waals surface area contributed by atoms with Gasteiger partial charge in [-0.1, -0.05) is 23.8 Å². The average Bonchev–Trinajstić information content (AvgIpc) is 3.01. The van der Waals surface area contributed by atoms with Crippen molar-refractivity contribution < 1.29 is 14.4 Å². The molecule has 0 aromatic heterocycles. The molecule has 2 aliphatic heterocycles. The number of carbonyl (C=O) groups is 3. The molecule has 1 aromatic rings. The van der Waals surface area contributed by atoms with Crippen LogP contribution in [0.2, 0.25) is 0 Å². The number of hydrogen-bond acceptors (Lipinski definition) is 3. The molecule has 5 nitrogen and oxygen atoms in total. The quantitative estimate of drug-likeness (QED) is 0.779. The highest BCUT2D eigenvalue weighted by Gasteiger charge is 2.37. The molecule has 2 heterocycles. The van der Waals surface area contributed by atoms with E-state index in [4.69, 9.17) is 0 Å². The second-order valence-corrected chi connectivity index (χ2v) is 7.62. The molecule has 0 spiro atoms. The minimum atomic E-state index is -0.214. The number of hydrogen-bond donors (Lipinski definition) is 0. The lowest BCUT2D eigenvalue weighted by molar-refractivity contribution is -0.137. The van der Waals surface area contributed by atoms with Crippen molar-refractivity contribution in [2.75, 3.05) is 26.2 Å². The molecule has 1 aromatic carbocycles. The van der Waals surface area contributed by atoms with Crippen LogP contribution in [0, 0.1) is 25.7 Å². The van der Waals surface area contributed by atoms with E-state index in [9.17, 15) is 14.4 Å². The van der Waals surface area contributed by atoms with E-state index >= 15 is 0 Å². The van der Waals surface area contributed by atoms with Gasteiger partial charge in [0.25, 0.3) is 0 Å². The number of likely N-dealkylation sites (tertiary alicyclic amines) is 2. The van der Waals surface area contributed by atoms with Gasteiger partial charge in [-0.15, -0.1) is 0 Å². The smallest absolute Gasteiger partial charge is 0.227 e. The molecule has 2 aliphatic rings. The normalized spacial score (nSPS) is 21.3. The number of aryl methyl sites for hydroxylation is 2. The lowest BCUT2D eigenvalue weighted by Crippen LogP contribution is -2.43. The Bertz CT molecular complexity index is 720. The summed E-state index contributed by atoms with van der Waals surface area (Å²) in [6.07, 6.45) is 1.74. The van der Waals surface area contributed by atoms with Gasteiger partial charge in [-0.3, -0.25) is 14.4 Å². The Kier molecular flexibility index (Phi) is 5.44. The van der Waals surface area contributed by atoms with Gasteiger partial charge in [-0.05, 0) is 39.2 Å². The van der Waals surface area contributed by atoms with E-state index in [1.165, 1.54) is 0 Å². The third-order valence-corrected chi connectivity index (χ3v) is 5.77. The monoisotopic (exact) mass is 356 g/mol. The summed E-state index contributed by atoms with van der Waals surface area (Å²) in [5, 5.41) is 0. The molecular weight excluding hydrogens is 328 g/mol. The first kappa shape index (κ1) is 18.6. The number of nitrogens with zero attached hydrogens (tertiary/aromatic N) is 2. The molecule has 2 amide bonds. The molecule has 1 atom stereocenters. The van der Waals surface area contributed by atoms with Crippen molar-refractivity contribution in [3.05, 3.63) is 34.9 Å². The summed E-state index contributed by atoms with van der Waals surface area (Å²) in [7, 11) is 0. The van der Waals surface area contributed by atoms with Gasteiger partial charge in [0.15, 0.2) is 5.78 Å². The maximum atomic E-state index is 12.8. The Hall–Kier alpha value is -2.17. The van der Waals surface area contributed by atoms with Crippen molar-refractivity contribution >= 4 is 17.6 Å². The molecule has 5 heteroatoms. The van der Waals surface area contributed by atoms with E-state index in [0.29, 0.717) is 45.4 Å². The van der Waals surface area contributed by atoms with E-state index in [2.05, 4.69) is 0 Å². The van der Waals surface area contributed by atoms with Crippen LogP contribution in [0.25, 0.3) is 0 Å². The molecule has 26 heavy (non-hydrogen) atoms. The molecule has 2 saturated heterocycles.